The van der Waals surface area contributed by atoms with Gasteiger partial charge in [-0.05, 0) is 19.9 Å². The van der Waals surface area contributed by atoms with Crippen LogP contribution in [0.5, 0.6) is 5.75 Å². The van der Waals surface area contributed by atoms with Crippen molar-refractivity contribution in [1.82, 2.24) is 15.5 Å². The van der Waals surface area contributed by atoms with E-state index in [9.17, 15) is 4.79 Å². The Labute approximate surface area is 121 Å². The van der Waals surface area contributed by atoms with Crippen molar-refractivity contribution in [3.8, 4) is 5.75 Å². The van der Waals surface area contributed by atoms with Gasteiger partial charge in [0.1, 0.15) is 5.75 Å². The third-order valence-corrected chi connectivity index (χ3v) is 2.63. The number of hydrogen-bond donors (Lipinski definition) is 2. The quantitative estimate of drug-likeness (QED) is 0.749. The van der Waals surface area contributed by atoms with Crippen LogP contribution in [0.15, 0.2) is 24.3 Å². The first-order valence-corrected chi connectivity index (χ1v) is 6.91. The molecule has 1 aromatic carbocycles. The minimum absolute atomic E-state index is 0.0738. The van der Waals surface area contributed by atoms with Gasteiger partial charge in [0.15, 0.2) is 0 Å². The van der Waals surface area contributed by atoms with Crippen LogP contribution in [0, 0.1) is 0 Å². The molecule has 0 radical (unpaired) electrons. The SMILES string of the molecule is CC(C)Oc1ccccc1CNCCNC(=O)N(C)C. The lowest BCUT2D eigenvalue weighted by molar-refractivity contribution is 0.217. The Morgan fingerprint density at radius 2 is 1.95 bits per heavy atom. The van der Waals surface area contributed by atoms with Crippen molar-refractivity contribution in [2.75, 3.05) is 27.2 Å². The summed E-state index contributed by atoms with van der Waals surface area (Å²) < 4.78 is 5.76. The maximum Gasteiger partial charge on any atom is 0.316 e. The number of benzene rings is 1. The number of ether oxygens (including phenoxy) is 1. The highest BCUT2D eigenvalue weighted by Gasteiger charge is 2.05. The van der Waals surface area contributed by atoms with E-state index in [2.05, 4.69) is 10.6 Å². The fourth-order valence-corrected chi connectivity index (χ4v) is 1.66. The van der Waals surface area contributed by atoms with Crippen molar-refractivity contribution in [3.05, 3.63) is 29.8 Å². The summed E-state index contributed by atoms with van der Waals surface area (Å²) in [6.07, 6.45) is 0.163. The van der Waals surface area contributed by atoms with E-state index in [4.69, 9.17) is 4.74 Å². The number of nitrogens with one attached hydrogen (secondary N) is 2. The highest BCUT2D eigenvalue weighted by molar-refractivity contribution is 5.73. The molecule has 2 N–H and O–H groups in total. The number of urea groups is 1. The molecule has 0 aliphatic rings. The van der Waals surface area contributed by atoms with Gasteiger partial charge in [-0.3, -0.25) is 0 Å². The smallest absolute Gasteiger partial charge is 0.316 e. The summed E-state index contributed by atoms with van der Waals surface area (Å²) in [5, 5.41) is 6.10. The molecule has 0 spiro atoms. The summed E-state index contributed by atoms with van der Waals surface area (Å²) in [7, 11) is 3.45. The lowest BCUT2D eigenvalue weighted by Gasteiger charge is -2.15. The average molecular weight is 279 g/mol. The van der Waals surface area contributed by atoms with Gasteiger partial charge in [0.25, 0.3) is 0 Å². The monoisotopic (exact) mass is 279 g/mol. The van der Waals surface area contributed by atoms with Crippen LogP contribution in [0.4, 0.5) is 4.79 Å². The number of carbonyl (C=O) groups is 1. The second-order valence-corrected chi connectivity index (χ2v) is 5.08. The normalized spacial score (nSPS) is 10.4. The minimum atomic E-state index is -0.0738. The van der Waals surface area contributed by atoms with Crippen LogP contribution in [0.1, 0.15) is 19.4 Å². The molecule has 1 aromatic rings. The molecule has 5 nitrogen and oxygen atoms in total. The maximum absolute atomic E-state index is 11.3. The Bertz CT molecular complexity index is 419. The van der Waals surface area contributed by atoms with Gasteiger partial charge in [-0.25, -0.2) is 4.79 Å². The average Bonchev–Trinajstić information content (AvgIpc) is 2.39. The molecular weight excluding hydrogens is 254 g/mol. The predicted octanol–water partition coefficient (Wildman–Crippen LogP) is 1.83. The summed E-state index contributed by atoms with van der Waals surface area (Å²) in [5.41, 5.74) is 1.13. The molecule has 0 unspecified atom stereocenters. The number of rotatable bonds is 7. The second-order valence-electron chi connectivity index (χ2n) is 5.08. The third kappa shape index (κ3) is 5.93. The first-order valence-electron chi connectivity index (χ1n) is 6.91. The van der Waals surface area contributed by atoms with E-state index >= 15 is 0 Å². The molecule has 0 atom stereocenters. The number of nitrogens with zero attached hydrogens (tertiary/aromatic N) is 1. The van der Waals surface area contributed by atoms with Gasteiger partial charge in [-0.2, -0.15) is 0 Å². The topological polar surface area (TPSA) is 53.6 Å². The first kappa shape index (κ1) is 16.3. The van der Waals surface area contributed by atoms with E-state index in [0.29, 0.717) is 6.54 Å². The number of amides is 2. The van der Waals surface area contributed by atoms with Crippen molar-refractivity contribution in [2.45, 2.75) is 26.5 Å². The molecule has 0 heterocycles. The fourth-order valence-electron chi connectivity index (χ4n) is 1.66. The molecule has 2 amide bonds. The van der Waals surface area contributed by atoms with Crippen molar-refractivity contribution < 1.29 is 9.53 Å². The molecule has 1 rings (SSSR count). The van der Waals surface area contributed by atoms with E-state index in [1.165, 1.54) is 4.90 Å². The van der Waals surface area contributed by atoms with E-state index in [-0.39, 0.29) is 12.1 Å². The summed E-state index contributed by atoms with van der Waals surface area (Å²) in [6, 6.07) is 7.92. The van der Waals surface area contributed by atoms with Crippen LogP contribution in [0.2, 0.25) is 0 Å². The van der Waals surface area contributed by atoms with Crippen LogP contribution in [-0.4, -0.2) is 44.2 Å². The lowest BCUT2D eigenvalue weighted by Crippen LogP contribution is -2.38. The van der Waals surface area contributed by atoms with Gasteiger partial charge in [-0.15, -0.1) is 0 Å². The molecule has 0 bridgehead atoms. The van der Waals surface area contributed by atoms with Gasteiger partial charge in [-0.1, -0.05) is 18.2 Å². The zero-order valence-electron chi connectivity index (χ0n) is 12.8. The Kier molecular flexibility index (Phi) is 6.87. The lowest BCUT2D eigenvalue weighted by atomic mass is 10.2. The Morgan fingerprint density at radius 1 is 1.25 bits per heavy atom. The Hall–Kier alpha value is -1.75. The van der Waals surface area contributed by atoms with Crippen molar-refractivity contribution >= 4 is 6.03 Å². The summed E-state index contributed by atoms with van der Waals surface area (Å²) in [5.74, 6) is 0.910. The van der Waals surface area contributed by atoms with Crippen molar-refractivity contribution in [2.24, 2.45) is 0 Å². The molecule has 0 fully saturated rings. The molecule has 0 saturated heterocycles. The number of carbonyl (C=O) groups excluding carboxylic acids is 1. The highest BCUT2D eigenvalue weighted by atomic mass is 16.5. The van der Waals surface area contributed by atoms with E-state index in [1.54, 1.807) is 14.1 Å². The van der Waals surface area contributed by atoms with Crippen LogP contribution in [-0.2, 0) is 6.54 Å². The molecule has 0 aromatic heterocycles. The Balaban J connectivity index is 2.33. The summed E-state index contributed by atoms with van der Waals surface area (Å²) >= 11 is 0. The molecule has 20 heavy (non-hydrogen) atoms. The van der Waals surface area contributed by atoms with Crippen LogP contribution < -0.4 is 15.4 Å². The molecule has 112 valence electrons. The molecule has 0 saturated carbocycles. The van der Waals surface area contributed by atoms with Gasteiger partial charge in [0.05, 0.1) is 6.10 Å². The highest BCUT2D eigenvalue weighted by Crippen LogP contribution is 2.18. The van der Waals surface area contributed by atoms with Gasteiger partial charge in [0.2, 0.25) is 0 Å². The van der Waals surface area contributed by atoms with Crippen molar-refractivity contribution in [3.63, 3.8) is 0 Å². The minimum Gasteiger partial charge on any atom is -0.491 e. The number of para-hydroxylation sites is 1. The van der Waals surface area contributed by atoms with Gasteiger partial charge >= 0.3 is 6.03 Å². The fraction of sp³-hybridized carbons (Fsp3) is 0.533. The standard InChI is InChI=1S/C15H25N3O2/c1-12(2)20-14-8-6-5-7-13(14)11-16-9-10-17-15(19)18(3)4/h5-8,12,16H,9-11H2,1-4H3,(H,17,19). The van der Waals surface area contributed by atoms with Crippen LogP contribution >= 0.6 is 0 Å². The van der Waals surface area contributed by atoms with Gasteiger partial charge < -0.3 is 20.3 Å². The first-order chi connectivity index (χ1) is 9.50. The van der Waals surface area contributed by atoms with Crippen LogP contribution in [0.3, 0.4) is 0 Å². The zero-order valence-corrected chi connectivity index (χ0v) is 12.8. The van der Waals surface area contributed by atoms with E-state index in [1.807, 2.05) is 38.1 Å². The van der Waals surface area contributed by atoms with E-state index < -0.39 is 0 Å². The van der Waals surface area contributed by atoms with Crippen LogP contribution in [0.25, 0.3) is 0 Å². The second kappa shape index (κ2) is 8.43. The molecule has 0 aliphatic carbocycles. The van der Waals surface area contributed by atoms with Crippen molar-refractivity contribution in [1.29, 1.82) is 0 Å². The van der Waals surface area contributed by atoms with E-state index in [0.717, 1.165) is 24.4 Å². The molecule has 5 heteroatoms. The zero-order chi connectivity index (χ0) is 15.0. The third-order valence-electron chi connectivity index (χ3n) is 2.63. The number of hydrogen-bond acceptors (Lipinski definition) is 3. The molecular formula is C15H25N3O2. The molecule has 0 aliphatic heterocycles. The van der Waals surface area contributed by atoms with Gasteiger partial charge in [0, 0.05) is 39.3 Å². The largest absolute Gasteiger partial charge is 0.491 e. The Morgan fingerprint density at radius 3 is 2.60 bits per heavy atom. The summed E-state index contributed by atoms with van der Waals surface area (Å²) in [4.78, 5) is 12.8. The maximum atomic E-state index is 11.3. The summed E-state index contributed by atoms with van der Waals surface area (Å²) in [6.45, 7) is 6.07. The predicted molar refractivity (Wildman–Crippen MR) is 81.0 cm³/mol.